The molecule has 3 amide bonds. The summed E-state index contributed by atoms with van der Waals surface area (Å²) in [6, 6.07) is 9.26. The van der Waals surface area contributed by atoms with Crippen molar-refractivity contribution < 1.29 is 33.1 Å². The lowest BCUT2D eigenvalue weighted by Gasteiger charge is -2.44. The summed E-state index contributed by atoms with van der Waals surface area (Å²) in [6.45, 7) is 0.674. The monoisotopic (exact) mass is 453 g/mol. The molecule has 2 aromatic rings. The van der Waals surface area contributed by atoms with Crippen molar-refractivity contribution in [3.8, 4) is 5.75 Å². The predicted molar refractivity (Wildman–Crippen MR) is 113 cm³/mol. The maximum Gasteiger partial charge on any atom is 0.307 e. The zero-order valence-corrected chi connectivity index (χ0v) is 18.1. The normalized spacial score (nSPS) is 29.0. The van der Waals surface area contributed by atoms with Gasteiger partial charge in [-0.1, -0.05) is 0 Å². The zero-order chi connectivity index (χ0) is 23.3. The average Bonchev–Trinajstić information content (AvgIpc) is 3.50. The molecule has 3 aliphatic heterocycles. The fourth-order valence-corrected chi connectivity index (χ4v) is 5.55. The standard InChI is InChI=1S/C23H23N3O7/c1-31-14-7-5-13(6-8-14)26-20(28)17-18(21(26)29)23(12-16(27)32-2)22(30)24-9-10-25(23)19(17)15-4-3-11-33-15/h3-8,11,17-19H,9-10,12H2,1-2H3,(H,24,30)/t17-,18-,19+,23-/m1/s1. The highest BCUT2D eigenvalue weighted by Crippen LogP contribution is 2.57. The number of carbonyl (C=O) groups excluding carboxylic acids is 4. The van der Waals surface area contributed by atoms with Gasteiger partial charge in [-0.3, -0.25) is 24.1 Å². The number of nitrogens with zero attached hydrogens (tertiary/aromatic N) is 2. The predicted octanol–water partition coefficient (Wildman–Crippen LogP) is 0.882. The molecule has 5 rings (SSSR count). The number of hydrogen-bond donors (Lipinski definition) is 1. The Bertz CT molecular complexity index is 1110. The van der Waals surface area contributed by atoms with Crippen LogP contribution in [0.15, 0.2) is 47.1 Å². The molecule has 0 spiro atoms. The van der Waals surface area contributed by atoms with Gasteiger partial charge in [0.2, 0.25) is 17.7 Å². The quantitative estimate of drug-likeness (QED) is 0.524. The van der Waals surface area contributed by atoms with Crippen LogP contribution in [0, 0.1) is 11.8 Å². The molecule has 10 nitrogen and oxygen atoms in total. The second kappa shape index (κ2) is 7.73. The number of ether oxygens (including phenoxy) is 2. The van der Waals surface area contributed by atoms with Crippen molar-refractivity contribution in [3.63, 3.8) is 0 Å². The number of methoxy groups -OCH3 is 2. The van der Waals surface area contributed by atoms with Crippen LogP contribution in [0.25, 0.3) is 0 Å². The number of amides is 3. The van der Waals surface area contributed by atoms with Gasteiger partial charge in [0, 0.05) is 13.1 Å². The van der Waals surface area contributed by atoms with Crippen LogP contribution in [0.3, 0.4) is 0 Å². The number of imide groups is 1. The summed E-state index contributed by atoms with van der Waals surface area (Å²) in [5.74, 6) is -3.03. The lowest BCUT2D eigenvalue weighted by molar-refractivity contribution is -0.154. The number of fused-ring (bicyclic) bond motifs is 3. The second-order valence-electron chi connectivity index (χ2n) is 8.30. The molecular weight excluding hydrogens is 430 g/mol. The largest absolute Gasteiger partial charge is 0.497 e. The van der Waals surface area contributed by atoms with E-state index < -0.39 is 47.1 Å². The van der Waals surface area contributed by atoms with E-state index in [0.29, 0.717) is 30.3 Å². The number of carbonyl (C=O) groups is 4. The second-order valence-corrected chi connectivity index (χ2v) is 8.30. The minimum absolute atomic E-state index is 0.322. The first kappa shape index (κ1) is 21.2. The molecule has 4 atom stereocenters. The highest BCUT2D eigenvalue weighted by Gasteiger charge is 2.73. The topological polar surface area (TPSA) is 118 Å². The molecule has 33 heavy (non-hydrogen) atoms. The van der Waals surface area contributed by atoms with Gasteiger partial charge in [-0.05, 0) is 36.4 Å². The van der Waals surface area contributed by atoms with Gasteiger partial charge in [0.25, 0.3) is 0 Å². The summed E-state index contributed by atoms with van der Waals surface area (Å²) in [4.78, 5) is 56.3. The molecule has 172 valence electrons. The van der Waals surface area contributed by atoms with E-state index in [1.165, 1.54) is 20.5 Å². The van der Waals surface area contributed by atoms with Gasteiger partial charge in [0.15, 0.2) is 0 Å². The van der Waals surface area contributed by atoms with Gasteiger partial charge in [-0.2, -0.15) is 0 Å². The Morgan fingerprint density at radius 2 is 1.91 bits per heavy atom. The third-order valence-corrected chi connectivity index (χ3v) is 6.89. The number of benzene rings is 1. The minimum atomic E-state index is -1.57. The summed E-state index contributed by atoms with van der Waals surface area (Å²) >= 11 is 0. The fraction of sp³-hybridized carbons (Fsp3) is 0.391. The minimum Gasteiger partial charge on any atom is -0.497 e. The van der Waals surface area contributed by atoms with Crippen LogP contribution in [-0.4, -0.2) is 61.4 Å². The number of hydrogen-bond acceptors (Lipinski definition) is 8. The van der Waals surface area contributed by atoms with Crippen LogP contribution in [0.5, 0.6) is 5.75 Å². The summed E-state index contributed by atoms with van der Waals surface area (Å²) < 4.78 is 15.7. The Morgan fingerprint density at radius 1 is 1.15 bits per heavy atom. The first-order valence-corrected chi connectivity index (χ1v) is 10.6. The van der Waals surface area contributed by atoms with Crippen molar-refractivity contribution in [1.29, 1.82) is 0 Å². The molecule has 1 aromatic heterocycles. The molecule has 0 aliphatic carbocycles. The Morgan fingerprint density at radius 3 is 2.55 bits per heavy atom. The molecule has 10 heteroatoms. The number of nitrogens with one attached hydrogen (secondary N) is 1. The van der Waals surface area contributed by atoms with Crippen molar-refractivity contribution in [2.24, 2.45) is 11.8 Å². The third kappa shape index (κ3) is 2.90. The van der Waals surface area contributed by atoms with E-state index in [2.05, 4.69) is 5.32 Å². The molecule has 1 aromatic carbocycles. The van der Waals surface area contributed by atoms with Crippen LogP contribution in [-0.2, 0) is 23.9 Å². The fourth-order valence-electron chi connectivity index (χ4n) is 5.55. The van der Waals surface area contributed by atoms with E-state index in [9.17, 15) is 19.2 Å². The molecule has 0 bridgehead atoms. The Balaban J connectivity index is 1.67. The molecule has 0 saturated carbocycles. The van der Waals surface area contributed by atoms with Crippen molar-refractivity contribution in [1.82, 2.24) is 10.2 Å². The summed E-state index contributed by atoms with van der Waals surface area (Å²) in [5.41, 5.74) is -1.20. The number of piperazine rings is 1. The summed E-state index contributed by atoms with van der Waals surface area (Å²) in [5, 5.41) is 2.79. The van der Waals surface area contributed by atoms with Crippen LogP contribution in [0.1, 0.15) is 18.2 Å². The van der Waals surface area contributed by atoms with Crippen molar-refractivity contribution in [2.75, 3.05) is 32.2 Å². The first-order chi connectivity index (χ1) is 15.9. The lowest BCUT2D eigenvalue weighted by atomic mass is 9.76. The third-order valence-electron chi connectivity index (χ3n) is 6.89. The molecule has 4 heterocycles. The van der Waals surface area contributed by atoms with Gasteiger partial charge in [0.05, 0.1) is 50.5 Å². The zero-order valence-electron chi connectivity index (χ0n) is 18.1. The number of rotatable bonds is 5. The molecular formula is C23H23N3O7. The van der Waals surface area contributed by atoms with Crippen molar-refractivity contribution >= 4 is 29.4 Å². The Hall–Kier alpha value is -3.66. The number of anilines is 1. The number of furan rings is 1. The number of esters is 1. The maximum atomic E-state index is 13.8. The average molecular weight is 453 g/mol. The van der Waals surface area contributed by atoms with E-state index in [4.69, 9.17) is 13.9 Å². The SMILES string of the molecule is COC(=O)C[C@@]12C(=O)NCCN1[C@@H](c1ccco1)[C@@H]1C(=O)N(c3ccc(OC)cc3)C(=O)[C@@H]12. The molecule has 3 aliphatic rings. The maximum absolute atomic E-state index is 13.8. The lowest BCUT2D eigenvalue weighted by Crippen LogP contribution is -2.67. The van der Waals surface area contributed by atoms with Gasteiger partial charge in [-0.15, -0.1) is 0 Å². The van der Waals surface area contributed by atoms with E-state index in [1.54, 1.807) is 41.3 Å². The summed E-state index contributed by atoms with van der Waals surface area (Å²) in [7, 11) is 2.75. The van der Waals surface area contributed by atoms with E-state index in [-0.39, 0.29) is 6.42 Å². The van der Waals surface area contributed by atoms with Gasteiger partial charge >= 0.3 is 5.97 Å². The van der Waals surface area contributed by atoms with Gasteiger partial charge < -0.3 is 19.2 Å². The van der Waals surface area contributed by atoms with Crippen LogP contribution >= 0.6 is 0 Å². The van der Waals surface area contributed by atoms with E-state index in [1.807, 2.05) is 0 Å². The Kier molecular flexibility index (Phi) is 4.97. The van der Waals surface area contributed by atoms with Crippen molar-refractivity contribution in [2.45, 2.75) is 18.0 Å². The molecule has 0 radical (unpaired) electrons. The van der Waals surface area contributed by atoms with E-state index >= 15 is 0 Å². The van der Waals surface area contributed by atoms with Gasteiger partial charge in [0.1, 0.15) is 17.0 Å². The van der Waals surface area contributed by atoms with Crippen LogP contribution in [0.4, 0.5) is 5.69 Å². The van der Waals surface area contributed by atoms with Crippen molar-refractivity contribution in [3.05, 3.63) is 48.4 Å². The first-order valence-electron chi connectivity index (χ1n) is 10.6. The molecule has 3 fully saturated rings. The molecule has 0 unspecified atom stereocenters. The molecule has 3 saturated heterocycles. The highest BCUT2D eigenvalue weighted by atomic mass is 16.5. The Labute approximate surface area is 189 Å². The smallest absolute Gasteiger partial charge is 0.307 e. The van der Waals surface area contributed by atoms with Crippen LogP contribution in [0.2, 0.25) is 0 Å². The van der Waals surface area contributed by atoms with Gasteiger partial charge in [-0.25, -0.2) is 4.90 Å². The summed E-state index contributed by atoms with van der Waals surface area (Å²) in [6.07, 6.45) is 1.13. The van der Waals surface area contributed by atoms with Crippen LogP contribution < -0.4 is 15.0 Å². The molecule has 1 N–H and O–H groups in total. The highest BCUT2D eigenvalue weighted by molar-refractivity contribution is 6.24. The van der Waals surface area contributed by atoms with E-state index in [0.717, 1.165) is 4.90 Å².